The van der Waals surface area contributed by atoms with E-state index in [0.29, 0.717) is 16.7 Å². The van der Waals surface area contributed by atoms with Gasteiger partial charge >= 0.3 is 0 Å². The molecule has 0 radical (unpaired) electrons. The first-order chi connectivity index (χ1) is 8.92. The second-order valence-corrected chi connectivity index (χ2v) is 7.45. The first kappa shape index (κ1) is 14.6. The molecule has 19 heavy (non-hydrogen) atoms. The molecule has 2 fully saturated rings. The Kier molecular flexibility index (Phi) is 4.03. The maximum atomic E-state index is 10.5. The fourth-order valence-corrected chi connectivity index (χ4v) is 4.98. The van der Waals surface area contributed by atoms with E-state index >= 15 is 0 Å². The molecule has 3 unspecified atom stereocenters. The van der Waals surface area contributed by atoms with Crippen molar-refractivity contribution in [1.29, 1.82) is 0 Å². The Bertz CT molecular complexity index is 390. The normalized spacial score (nSPS) is 38.2. The van der Waals surface area contributed by atoms with Crippen molar-refractivity contribution in [3.63, 3.8) is 0 Å². The second-order valence-electron chi connectivity index (χ2n) is 7.45. The maximum Gasteiger partial charge on any atom is 0.142 e. The van der Waals surface area contributed by atoms with Crippen LogP contribution in [0.3, 0.4) is 0 Å². The molecule has 2 aliphatic rings. The first-order valence-corrected chi connectivity index (χ1v) is 7.70. The number of rotatable bonds is 3. The van der Waals surface area contributed by atoms with Crippen LogP contribution in [0.15, 0.2) is 24.3 Å². The molecular weight excluding hydrogens is 232 g/mol. The molecule has 2 rings (SSSR count). The van der Waals surface area contributed by atoms with Gasteiger partial charge in [-0.3, -0.25) is 4.79 Å². The SMILES string of the molecule is C=C1CCC2C(C)(C)CCCC2(C)C1CC=CC=O. The molecule has 1 heteroatoms. The first-order valence-electron chi connectivity index (χ1n) is 7.70. The van der Waals surface area contributed by atoms with Crippen LogP contribution in [0.5, 0.6) is 0 Å². The smallest absolute Gasteiger partial charge is 0.142 e. The summed E-state index contributed by atoms with van der Waals surface area (Å²) in [6.45, 7) is 11.7. The van der Waals surface area contributed by atoms with Crippen LogP contribution in [0.1, 0.15) is 59.3 Å². The summed E-state index contributed by atoms with van der Waals surface area (Å²) in [5.41, 5.74) is 2.25. The van der Waals surface area contributed by atoms with E-state index in [1.807, 2.05) is 6.08 Å². The van der Waals surface area contributed by atoms with Crippen LogP contribution in [0.4, 0.5) is 0 Å². The van der Waals surface area contributed by atoms with E-state index in [4.69, 9.17) is 0 Å². The lowest BCUT2D eigenvalue weighted by molar-refractivity contribution is -0.104. The van der Waals surface area contributed by atoms with Crippen LogP contribution in [-0.2, 0) is 4.79 Å². The minimum atomic E-state index is 0.379. The quantitative estimate of drug-likeness (QED) is 0.399. The predicted octanol–water partition coefficient (Wildman–Crippen LogP) is 4.93. The number of aldehydes is 1. The largest absolute Gasteiger partial charge is 0.299 e. The Morgan fingerprint density at radius 2 is 2.05 bits per heavy atom. The van der Waals surface area contributed by atoms with Gasteiger partial charge in [0.05, 0.1) is 0 Å². The third-order valence-corrected chi connectivity index (χ3v) is 5.91. The van der Waals surface area contributed by atoms with E-state index in [2.05, 4.69) is 27.4 Å². The number of hydrogen-bond acceptors (Lipinski definition) is 1. The number of hydrogen-bond donors (Lipinski definition) is 0. The Balaban J connectivity index is 2.27. The summed E-state index contributed by atoms with van der Waals surface area (Å²) in [4.78, 5) is 10.5. The third kappa shape index (κ3) is 2.57. The molecule has 0 aliphatic heterocycles. The second kappa shape index (κ2) is 5.26. The van der Waals surface area contributed by atoms with Crippen LogP contribution in [-0.4, -0.2) is 6.29 Å². The van der Waals surface area contributed by atoms with Gasteiger partial charge in [0.1, 0.15) is 6.29 Å². The molecule has 0 bridgehead atoms. The Morgan fingerprint density at radius 3 is 2.74 bits per heavy atom. The zero-order chi connectivity index (χ0) is 14.1. The number of carbonyl (C=O) groups excluding carboxylic acids is 1. The Hall–Kier alpha value is -0.850. The van der Waals surface area contributed by atoms with Crippen molar-refractivity contribution >= 4 is 6.29 Å². The molecule has 106 valence electrons. The average Bonchev–Trinajstić information content (AvgIpc) is 2.31. The van der Waals surface area contributed by atoms with E-state index in [0.717, 1.165) is 18.6 Å². The zero-order valence-electron chi connectivity index (χ0n) is 12.7. The summed E-state index contributed by atoms with van der Waals surface area (Å²) in [7, 11) is 0. The minimum absolute atomic E-state index is 0.379. The van der Waals surface area contributed by atoms with Gasteiger partial charge in [-0.2, -0.15) is 0 Å². The lowest BCUT2D eigenvalue weighted by Crippen LogP contribution is -2.49. The van der Waals surface area contributed by atoms with Crippen LogP contribution in [0.2, 0.25) is 0 Å². The highest BCUT2D eigenvalue weighted by atomic mass is 16.1. The number of allylic oxidation sites excluding steroid dienone is 3. The van der Waals surface area contributed by atoms with Gasteiger partial charge in [-0.25, -0.2) is 0 Å². The standard InChI is InChI=1S/C18H28O/c1-14-9-10-16-17(2,3)11-7-12-18(16,4)15(14)8-5-6-13-19/h5-6,13,15-16H,1,7-12H2,2-4H3. The van der Waals surface area contributed by atoms with Gasteiger partial charge in [-0.15, -0.1) is 0 Å². The van der Waals surface area contributed by atoms with Gasteiger partial charge < -0.3 is 0 Å². The van der Waals surface area contributed by atoms with Crippen molar-refractivity contribution in [2.45, 2.75) is 59.3 Å². The summed E-state index contributed by atoms with van der Waals surface area (Å²) in [6.07, 6.45) is 12.0. The molecular formula is C18H28O. The summed E-state index contributed by atoms with van der Waals surface area (Å²) >= 11 is 0. The van der Waals surface area contributed by atoms with Gasteiger partial charge in [-0.05, 0) is 60.8 Å². The molecule has 0 heterocycles. The molecule has 0 spiro atoms. The zero-order valence-corrected chi connectivity index (χ0v) is 12.7. The highest BCUT2D eigenvalue weighted by Crippen LogP contribution is 2.61. The van der Waals surface area contributed by atoms with E-state index in [1.54, 1.807) is 6.08 Å². The van der Waals surface area contributed by atoms with Crippen molar-refractivity contribution in [2.24, 2.45) is 22.7 Å². The fraction of sp³-hybridized carbons (Fsp3) is 0.722. The summed E-state index contributed by atoms with van der Waals surface area (Å²) in [5, 5.41) is 0. The van der Waals surface area contributed by atoms with E-state index < -0.39 is 0 Å². The van der Waals surface area contributed by atoms with Gasteiger partial charge in [0.2, 0.25) is 0 Å². The lowest BCUT2D eigenvalue weighted by atomic mass is 9.47. The molecule has 0 aromatic heterocycles. The molecule has 2 saturated carbocycles. The molecule has 0 aromatic carbocycles. The van der Waals surface area contributed by atoms with Crippen LogP contribution < -0.4 is 0 Å². The Morgan fingerprint density at radius 1 is 1.32 bits per heavy atom. The summed E-state index contributed by atoms with van der Waals surface area (Å²) in [5.74, 6) is 1.36. The highest BCUT2D eigenvalue weighted by molar-refractivity contribution is 5.64. The van der Waals surface area contributed by atoms with Crippen molar-refractivity contribution in [2.75, 3.05) is 0 Å². The van der Waals surface area contributed by atoms with Crippen molar-refractivity contribution in [3.05, 3.63) is 24.3 Å². The maximum absolute atomic E-state index is 10.5. The van der Waals surface area contributed by atoms with Gasteiger partial charge in [0.15, 0.2) is 0 Å². The Labute approximate surface area is 118 Å². The predicted molar refractivity (Wildman–Crippen MR) is 80.9 cm³/mol. The van der Waals surface area contributed by atoms with Crippen LogP contribution in [0.25, 0.3) is 0 Å². The van der Waals surface area contributed by atoms with Crippen LogP contribution in [0, 0.1) is 22.7 Å². The van der Waals surface area contributed by atoms with Crippen molar-refractivity contribution in [3.8, 4) is 0 Å². The average molecular weight is 260 g/mol. The van der Waals surface area contributed by atoms with Gasteiger partial charge in [0.25, 0.3) is 0 Å². The molecule has 0 aromatic rings. The number of fused-ring (bicyclic) bond motifs is 1. The number of carbonyl (C=O) groups is 1. The van der Waals surface area contributed by atoms with Gasteiger partial charge in [-0.1, -0.05) is 45.4 Å². The van der Waals surface area contributed by atoms with Crippen LogP contribution >= 0.6 is 0 Å². The summed E-state index contributed by atoms with van der Waals surface area (Å²) < 4.78 is 0. The van der Waals surface area contributed by atoms with Crippen molar-refractivity contribution in [1.82, 2.24) is 0 Å². The fourth-order valence-electron chi connectivity index (χ4n) is 4.98. The van der Waals surface area contributed by atoms with E-state index in [9.17, 15) is 4.79 Å². The molecule has 0 N–H and O–H groups in total. The molecule has 0 amide bonds. The molecule has 0 saturated heterocycles. The van der Waals surface area contributed by atoms with E-state index in [-0.39, 0.29) is 0 Å². The van der Waals surface area contributed by atoms with Gasteiger partial charge in [0, 0.05) is 0 Å². The molecule has 2 aliphatic carbocycles. The lowest BCUT2D eigenvalue weighted by Gasteiger charge is -2.58. The summed E-state index contributed by atoms with van der Waals surface area (Å²) in [6, 6.07) is 0. The molecule has 3 atom stereocenters. The molecule has 1 nitrogen and oxygen atoms in total. The monoisotopic (exact) mass is 260 g/mol. The highest BCUT2D eigenvalue weighted by Gasteiger charge is 2.52. The van der Waals surface area contributed by atoms with E-state index in [1.165, 1.54) is 37.7 Å². The third-order valence-electron chi connectivity index (χ3n) is 5.91. The topological polar surface area (TPSA) is 17.1 Å². The van der Waals surface area contributed by atoms with Crippen molar-refractivity contribution < 1.29 is 4.79 Å². The minimum Gasteiger partial charge on any atom is -0.299 e.